The van der Waals surface area contributed by atoms with E-state index in [1.807, 2.05) is 58.0 Å². The van der Waals surface area contributed by atoms with Crippen LogP contribution in [0.3, 0.4) is 0 Å². The minimum Gasteiger partial charge on any atom is -0.359 e. The molecular weight excluding hydrogens is 583 g/mol. The summed E-state index contributed by atoms with van der Waals surface area (Å²) in [6.07, 6.45) is 0. The molecule has 0 bridgehead atoms. The highest BCUT2D eigenvalue weighted by Crippen LogP contribution is 2.35. The van der Waals surface area contributed by atoms with Crippen molar-refractivity contribution in [2.75, 3.05) is 10.2 Å². The van der Waals surface area contributed by atoms with Gasteiger partial charge in [0.15, 0.2) is 0 Å². The zero-order valence-electron chi connectivity index (χ0n) is 24.2. The second-order valence-corrected chi connectivity index (χ2v) is 12.5. The molecule has 5 rings (SSSR count). The lowest BCUT2D eigenvalue weighted by molar-refractivity contribution is -0.123. The molecule has 4 aromatic rings. The predicted octanol–water partition coefficient (Wildman–Crippen LogP) is 7.32. The predicted molar refractivity (Wildman–Crippen MR) is 172 cm³/mol. The van der Waals surface area contributed by atoms with E-state index < -0.39 is 23.2 Å². The number of hydrogen-bond donors (Lipinski definition) is 3. The molecule has 0 radical (unpaired) electrons. The highest BCUT2D eigenvalue weighted by molar-refractivity contribution is 6.31. The van der Waals surface area contributed by atoms with Crippen LogP contribution in [-0.2, 0) is 10.5 Å². The molecule has 0 aromatic heterocycles. The Morgan fingerprint density at radius 3 is 2.16 bits per heavy atom. The Labute approximate surface area is 261 Å². The SMILES string of the molecule is CC(C)(C)NC(=O)C(c1ccc(Cl)cc1)N(C(=O)c1cccc(Cl)c1)c1ccc(C2(C)NC(=O)c3ccccc3N2)cc1. The van der Waals surface area contributed by atoms with Crippen molar-refractivity contribution in [1.29, 1.82) is 0 Å². The molecule has 2 atom stereocenters. The Morgan fingerprint density at radius 1 is 0.837 bits per heavy atom. The third-order valence-electron chi connectivity index (χ3n) is 7.12. The number of para-hydroxylation sites is 1. The standard InChI is InChI=1S/C34H32Cl2N4O3/c1-33(2,3)38-31(42)29(21-12-16-24(35)17-13-21)40(32(43)22-8-7-9-25(36)20-22)26-18-14-23(15-19-26)34(4)37-28-11-6-5-10-27(28)30(41)39-34/h5-20,29,37H,1-4H3,(H,38,42)(H,39,41). The van der Waals surface area contributed by atoms with E-state index in [9.17, 15) is 14.4 Å². The number of carbonyl (C=O) groups is 3. The number of halogens is 2. The van der Waals surface area contributed by atoms with E-state index in [4.69, 9.17) is 23.2 Å². The first-order valence-electron chi connectivity index (χ1n) is 13.8. The fourth-order valence-corrected chi connectivity index (χ4v) is 5.45. The van der Waals surface area contributed by atoms with Gasteiger partial charge in [0, 0.05) is 32.5 Å². The van der Waals surface area contributed by atoms with E-state index in [-0.39, 0.29) is 11.8 Å². The van der Waals surface area contributed by atoms with Crippen LogP contribution in [0.15, 0.2) is 97.1 Å². The largest absolute Gasteiger partial charge is 0.359 e. The lowest BCUT2D eigenvalue weighted by Crippen LogP contribution is -2.53. The molecule has 2 unspecified atom stereocenters. The van der Waals surface area contributed by atoms with E-state index in [0.29, 0.717) is 32.4 Å². The van der Waals surface area contributed by atoms with Crippen LogP contribution in [-0.4, -0.2) is 23.3 Å². The van der Waals surface area contributed by atoms with Gasteiger partial charge in [0.2, 0.25) is 5.91 Å². The molecule has 3 N–H and O–H groups in total. The fourth-order valence-electron chi connectivity index (χ4n) is 5.13. The normalized spacial score (nSPS) is 16.7. The van der Waals surface area contributed by atoms with Crippen molar-refractivity contribution in [1.82, 2.24) is 10.6 Å². The van der Waals surface area contributed by atoms with Gasteiger partial charge in [-0.15, -0.1) is 0 Å². The average Bonchev–Trinajstić information content (AvgIpc) is 2.95. The third-order valence-corrected chi connectivity index (χ3v) is 7.61. The Kier molecular flexibility index (Phi) is 8.23. The van der Waals surface area contributed by atoms with Gasteiger partial charge >= 0.3 is 0 Å². The van der Waals surface area contributed by atoms with E-state index >= 15 is 0 Å². The quantitative estimate of drug-likeness (QED) is 0.212. The monoisotopic (exact) mass is 614 g/mol. The summed E-state index contributed by atoms with van der Waals surface area (Å²) < 4.78 is 0. The minimum atomic E-state index is -1.04. The van der Waals surface area contributed by atoms with Gasteiger partial charge in [-0.25, -0.2) is 0 Å². The first-order chi connectivity index (χ1) is 20.3. The lowest BCUT2D eigenvalue weighted by atomic mass is 9.95. The molecule has 7 nitrogen and oxygen atoms in total. The van der Waals surface area contributed by atoms with Crippen LogP contribution in [0.5, 0.6) is 0 Å². The summed E-state index contributed by atoms with van der Waals surface area (Å²) in [6, 6.07) is 26.9. The molecule has 220 valence electrons. The zero-order chi connectivity index (χ0) is 30.9. The number of hydrogen-bond acceptors (Lipinski definition) is 4. The molecular formula is C34H32Cl2N4O3. The van der Waals surface area contributed by atoms with Crippen molar-refractivity contribution in [2.45, 2.75) is 44.9 Å². The van der Waals surface area contributed by atoms with Crippen LogP contribution >= 0.6 is 23.2 Å². The lowest BCUT2D eigenvalue weighted by Gasteiger charge is -2.38. The van der Waals surface area contributed by atoms with Crippen LogP contribution in [0.4, 0.5) is 11.4 Å². The number of rotatable bonds is 6. The van der Waals surface area contributed by atoms with E-state index in [1.54, 1.807) is 66.7 Å². The van der Waals surface area contributed by atoms with Crippen molar-refractivity contribution in [2.24, 2.45) is 0 Å². The minimum absolute atomic E-state index is 0.194. The number of nitrogens with zero attached hydrogens (tertiary/aromatic N) is 1. The summed E-state index contributed by atoms with van der Waals surface area (Å²) in [5.41, 5.74) is 1.94. The molecule has 0 aliphatic carbocycles. The molecule has 1 heterocycles. The Balaban J connectivity index is 1.60. The first-order valence-corrected chi connectivity index (χ1v) is 14.6. The summed E-state index contributed by atoms with van der Waals surface area (Å²) in [7, 11) is 0. The molecule has 0 spiro atoms. The van der Waals surface area contributed by atoms with Gasteiger partial charge in [0.05, 0.1) is 5.56 Å². The van der Waals surface area contributed by atoms with Gasteiger partial charge in [-0.3, -0.25) is 19.3 Å². The average molecular weight is 616 g/mol. The van der Waals surface area contributed by atoms with Gasteiger partial charge in [-0.1, -0.05) is 65.7 Å². The summed E-state index contributed by atoms with van der Waals surface area (Å²) in [4.78, 5) is 42.6. The van der Waals surface area contributed by atoms with Crippen molar-refractivity contribution in [3.63, 3.8) is 0 Å². The number of benzene rings is 4. The molecule has 0 saturated carbocycles. The number of carbonyl (C=O) groups excluding carboxylic acids is 3. The van der Waals surface area contributed by atoms with E-state index in [1.165, 1.54) is 4.90 Å². The van der Waals surface area contributed by atoms with Crippen LogP contribution in [0, 0.1) is 0 Å². The summed E-state index contributed by atoms with van der Waals surface area (Å²) in [5, 5.41) is 10.4. The van der Waals surface area contributed by atoms with Crippen LogP contribution < -0.4 is 20.9 Å². The third kappa shape index (κ3) is 6.53. The molecule has 43 heavy (non-hydrogen) atoms. The van der Waals surface area contributed by atoms with Crippen LogP contribution in [0.2, 0.25) is 10.0 Å². The van der Waals surface area contributed by atoms with Gasteiger partial charge in [0.25, 0.3) is 11.8 Å². The Bertz CT molecular complexity index is 1680. The summed E-state index contributed by atoms with van der Waals surface area (Å²) in [5.74, 6) is -0.970. The topological polar surface area (TPSA) is 90.5 Å². The molecule has 1 aliphatic heterocycles. The Morgan fingerprint density at radius 2 is 1.51 bits per heavy atom. The van der Waals surface area contributed by atoms with Crippen molar-refractivity contribution in [3.8, 4) is 0 Å². The maximum atomic E-state index is 14.3. The maximum Gasteiger partial charge on any atom is 0.259 e. The zero-order valence-corrected chi connectivity index (χ0v) is 25.8. The number of amides is 3. The van der Waals surface area contributed by atoms with Gasteiger partial charge in [-0.2, -0.15) is 0 Å². The number of anilines is 2. The molecule has 1 aliphatic rings. The molecule has 0 saturated heterocycles. The fraction of sp³-hybridized carbons (Fsp3) is 0.206. The molecule has 0 fully saturated rings. The van der Waals surface area contributed by atoms with Crippen LogP contribution in [0.1, 0.15) is 65.6 Å². The molecule has 4 aromatic carbocycles. The van der Waals surface area contributed by atoms with Crippen molar-refractivity contribution in [3.05, 3.63) is 129 Å². The second-order valence-electron chi connectivity index (χ2n) is 11.7. The maximum absolute atomic E-state index is 14.3. The molecule has 9 heteroatoms. The number of nitrogens with one attached hydrogen (secondary N) is 3. The number of fused-ring (bicyclic) bond motifs is 1. The Hall–Kier alpha value is -4.33. The first kappa shape index (κ1) is 30.1. The van der Waals surface area contributed by atoms with Gasteiger partial charge in [-0.05, 0) is 93.4 Å². The smallest absolute Gasteiger partial charge is 0.259 e. The van der Waals surface area contributed by atoms with Gasteiger partial charge < -0.3 is 16.0 Å². The highest BCUT2D eigenvalue weighted by atomic mass is 35.5. The van der Waals surface area contributed by atoms with Crippen molar-refractivity contribution >= 4 is 52.3 Å². The highest BCUT2D eigenvalue weighted by Gasteiger charge is 2.37. The van der Waals surface area contributed by atoms with Gasteiger partial charge in [0.1, 0.15) is 11.7 Å². The summed E-state index contributed by atoms with van der Waals surface area (Å²) >= 11 is 12.5. The van der Waals surface area contributed by atoms with E-state index in [0.717, 1.165) is 11.3 Å². The van der Waals surface area contributed by atoms with Crippen LogP contribution in [0.25, 0.3) is 0 Å². The second kappa shape index (κ2) is 11.7. The molecule has 3 amide bonds. The summed E-state index contributed by atoms with van der Waals surface area (Å²) in [6.45, 7) is 7.52. The van der Waals surface area contributed by atoms with Crippen molar-refractivity contribution < 1.29 is 14.4 Å². The van der Waals surface area contributed by atoms with E-state index in [2.05, 4.69) is 16.0 Å².